The minimum atomic E-state index is 0.333. The number of nitrogens with zero attached hydrogens (tertiary/aromatic N) is 2. The average molecular weight is 184 g/mol. The summed E-state index contributed by atoms with van der Waals surface area (Å²) < 4.78 is 0. The van der Waals surface area contributed by atoms with Gasteiger partial charge in [-0.15, -0.1) is 0 Å². The van der Waals surface area contributed by atoms with E-state index in [0.717, 1.165) is 11.6 Å². The molecule has 0 spiro atoms. The zero-order valence-electron chi connectivity index (χ0n) is 6.73. The first kappa shape index (κ1) is 8.07. The second-order valence-corrected chi connectivity index (χ2v) is 4.27. The largest absolute Gasteiger partial charge is 0.327 e. The van der Waals surface area contributed by atoms with Gasteiger partial charge in [-0.05, 0) is 12.8 Å². The predicted octanol–water partition coefficient (Wildman–Crippen LogP) is 0.777. The molecule has 66 valence electrons. The van der Waals surface area contributed by atoms with Crippen molar-refractivity contribution in [2.24, 2.45) is 5.73 Å². The van der Waals surface area contributed by atoms with Crippen LogP contribution in [0, 0.1) is 0 Å². The van der Waals surface area contributed by atoms with Gasteiger partial charge in [-0.25, -0.2) is 4.98 Å². The molecule has 0 aromatic carbocycles. The lowest BCUT2D eigenvalue weighted by atomic mass is 10.3. The van der Waals surface area contributed by atoms with Gasteiger partial charge in [0.05, 0.1) is 0 Å². The molecule has 5 heteroatoms. The maximum atomic E-state index is 5.91. The van der Waals surface area contributed by atoms with Crippen LogP contribution in [0.1, 0.15) is 19.3 Å². The minimum absolute atomic E-state index is 0.333. The average Bonchev–Trinajstić information content (AvgIpc) is 2.65. The molecule has 1 aliphatic rings. The molecule has 1 saturated carbocycles. The molecule has 3 N–H and O–H groups in total. The van der Waals surface area contributed by atoms with Crippen molar-refractivity contribution in [3.63, 3.8) is 0 Å². The number of thioether (sulfide) groups is 1. The number of hydrogen-bond acceptors (Lipinski definition) is 4. The van der Waals surface area contributed by atoms with Crippen LogP contribution in [0.25, 0.3) is 0 Å². The van der Waals surface area contributed by atoms with Crippen molar-refractivity contribution in [1.29, 1.82) is 0 Å². The van der Waals surface area contributed by atoms with E-state index in [-0.39, 0.29) is 0 Å². The molecular formula is C7H12N4S. The number of nitrogens with one attached hydrogen (secondary N) is 1. The highest BCUT2D eigenvalue weighted by molar-refractivity contribution is 7.99. The standard InChI is InChI=1S/C7H12N4S/c8-5-2-1-3-6(5)12-7-9-4-10-11-7/h4-6H,1-3,8H2,(H,9,10,11). The molecule has 2 unspecified atom stereocenters. The number of aromatic amines is 1. The smallest absolute Gasteiger partial charge is 0.183 e. The summed E-state index contributed by atoms with van der Waals surface area (Å²) in [6, 6.07) is 0.333. The van der Waals surface area contributed by atoms with Gasteiger partial charge in [0.15, 0.2) is 5.16 Å². The lowest BCUT2D eigenvalue weighted by Crippen LogP contribution is -2.26. The van der Waals surface area contributed by atoms with Crippen LogP contribution in [0.15, 0.2) is 11.5 Å². The summed E-state index contributed by atoms with van der Waals surface area (Å²) in [5.41, 5.74) is 5.91. The molecule has 4 nitrogen and oxygen atoms in total. The second-order valence-electron chi connectivity index (χ2n) is 3.04. The van der Waals surface area contributed by atoms with Crippen LogP contribution in [0.4, 0.5) is 0 Å². The van der Waals surface area contributed by atoms with Gasteiger partial charge < -0.3 is 5.73 Å². The topological polar surface area (TPSA) is 67.6 Å². The monoisotopic (exact) mass is 184 g/mol. The van der Waals surface area contributed by atoms with E-state index < -0.39 is 0 Å². The summed E-state index contributed by atoms with van der Waals surface area (Å²) in [6.45, 7) is 0. The third kappa shape index (κ3) is 1.61. The summed E-state index contributed by atoms with van der Waals surface area (Å²) in [6.07, 6.45) is 5.12. The summed E-state index contributed by atoms with van der Waals surface area (Å²) in [7, 11) is 0. The van der Waals surface area contributed by atoms with Crippen LogP contribution in [-0.2, 0) is 0 Å². The molecule has 0 bridgehead atoms. The van der Waals surface area contributed by atoms with Crippen LogP contribution in [0.3, 0.4) is 0 Å². The number of hydrogen-bond donors (Lipinski definition) is 2. The fraction of sp³-hybridized carbons (Fsp3) is 0.714. The summed E-state index contributed by atoms with van der Waals surface area (Å²) in [4.78, 5) is 4.05. The van der Waals surface area contributed by atoms with Gasteiger partial charge in [0.1, 0.15) is 6.33 Å². The van der Waals surface area contributed by atoms with Crippen molar-refractivity contribution in [3.8, 4) is 0 Å². The second kappa shape index (κ2) is 3.45. The van der Waals surface area contributed by atoms with Crippen LogP contribution >= 0.6 is 11.8 Å². The number of rotatable bonds is 2. The van der Waals surface area contributed by atoms with E-state index in [2.05, 4.69) is 15.2 Å². The Bertz CT molecular complexity index is 236. The first-order valence-electron chi connectivity index (χ1n) is 4.14. The Hall–Kier alpha value is -0.550. The molecule has 0 aliphatic heterocycles. The van der Waals surface area contributed by atoms with Crippen molar-refractivity contribution in [2.75, 3.05) is 0 Å². The highest BCUT2D eigenvalue weighted by Crippen LogP contribution is 2.31. The van der Waals surface area contributed by atoms with Gasteiger partial charge in [-0.3, -0.25) is 5.10 Å². The quantitative estimate of drug-likeness (QED) is 0.712. The lowest BCUT2D eigenvalue weighted by molar-refractivity contribution is 0.714. The van der Waals surface area contributed by atoms with Gasteiger partial charge in [0, 0.05) is 11.3 Å². The Labute approximate surface area is 75.3 Å². The fourth-order valence-corrected chi connectivity index (χ4v) is 2.59. The summed E-state index contributed by atoms with van der Waals surface area (Å²) >= 11 is 1.71. The molecule has 0 radical (unpaired) electrons. The molecule has 0 saturated heterocycles. The van der Waals surface area contributed by atoms with Crippen molar-refractivity contribution in [2.45, 2.75) is 35.7 Å². The van der Waals surface area contributed by atoms with E-state index in [9.17, 15) is 0 Å². The van der Waals surface area contributed by atoms with Gasteiger partial charge >= 0.3 is 0 Å². The molecule has 1 aromatic rings. The SMILES string of the molecule is NC1CCCC1Sc1ncn[nH]1. The van der Waals surface area contributed by atoms with Gasteiger partial charge in [-0.2, -0.15) is 5.10 Å². The van der Waals surface area contributed by atoms with E-state index in [1.807, 2.05) is 0 Å². The Morgan fingerprint density at radius 2 is 2.50 bits per heavy atom. The van der Waals surface area contributed by atoms with Gasteiger partial charge in [-0.1, -0.05) is 18.2 Å². The lowest BCUT2D eigenvalue weighted by Gasteiger charge is -2.11. The maximum absolute atomic E-state index is 5.91. The summed E-state index contributed by atoms with van der Waals surface area (Å²) in [5, 5.41) is 8.03. The van der Waals surface area contributed by atoms with Crippen molar-refractivity contribution in [3.05, 3.63) is 6.33 Å². The first-order chi connectivity index (χ1) is 5.86. The normalized spacial score (nSPS) is 29.4. The predicted molar refractivity (Wildman–Crippen MR) is 47.9 cm³/mol. The van der Waals surface area contributed by atoms with Crippen LogP contribution in [-0.4, -0.2) is 26.5 Å². The number of H-pyrrole nitrogens is 1. The minimum Gasteiger partial charge on any atom is -0.327 e. The molecule has 2 atom stereocenters. The van der Waals surface area contributed by atoms with E-state index in [1.54, 1.807) is 11.8 Å². The molecule has 1 aromatic heterocycles. The molecule has 1 heterocycles. The molecule has 12 heavy (non-hydrogen) atoms. The molecule has 1 aliphatic carbocycles. The summed E-state index contributed by atoms with van der Waals surface area (Å²) in [5.74, 6) is 0. The fourth-order valence-electron chi connectivity index (χ4n) is 1.50. The zero-order chi connectivity index (χ0) is 8.39. The van der Waals surface area contributed by atoms with Gasteiger partial charge in [0.25, 0.3) is 0 Å². The molecule has 0 amide bonds. The Balaban J connectivity index is 1.95. The van der Waals surface area contributed by atoms with Crippen LogP contribution < -0.4 is 5.73 Å². The molecular weight excluding hydrogens is 172 g/mol. The first-order valence-corrected chi connectivity index (χ1v) is 5.02. The highest BCUT2D eigenvalue weighted by atomic mass is 32.2. The Morgan fingerprint density at radius 1 is 1.58 bits per heavy atom. The Morgan fingerprint density at radius 3 is 3.08 bits per heavy atom. The Kier molecular flexibility index (Phi) is 2.32. The third-order valence-corrected chi connectivity index (χ3v) is 3.47. The molecule has 1 fully saturated rings. The van der Waals surface area contributed by atoms with E-state index in [0.29, 0.717) is 11.3 Å². The molecule has 2 rings (SSSR count). The van der Waals surface area contributed by atoms with Crippen molar-refractivity contribution in [1.82, 2.24) is 15.2 Å². The van der Waals surface area contributed by atoms with E-state index >= 15 is 0 Å². The zero-order valence-corrected chi connectivity index (χ0v) is 7.55. The highest BCUT2D eigenvalue weighted by Gasteiger charge is 2.25. The van der Waals surface area contributed by atoms with Gasteiger partial charge in [0.2, 0.25) is 0 Å². The number of nitrogens with two attached hydrogens (primary N) is 1. The van der Waals surface area contributed by atoms with Crippen molar-refractivity contribution >= 4 is 11.8 Å². The number of aromatic nitrogens is 3. The van der Waals surface area contributed by atoms with E-state index in [4.69, 9.17) is 5.73 Å². The van der Waals surface area contributed by atoms with Crippen molar-refractivity contribution < 1.29 is 0 Å². The van der Waals surface area contributed by atoms with Crippen LogP contribution in [0.5, 0.6) is 0 Å². The maximum Gasteiger partial charge on any atom is 0.183 e. The van der Waals surface area contributed by atoms with Crippen LogP contribution in [0.2, 0.25) is 0 Å². The third-order valence-electron chi connectivity index (χ3n) is 2.16. The van der Waals surface area contributed by atoms with E-state index in [1.165, 1.54) is 19.2 Å².